The zero-order valence-electron chi connectivity index (χ0n) is 21.9. The molecule has 6 rings (SSSR count). The van der Waals surface area contributed by atoms with Gasteiger partial charge in [0.15, 0.2) is 6.61 Å². The van der Waals surface area contributed by atoms with Crippen LogP contribution in [0.3, 0.4) is 0 Å². The molecule has 0 spiro atoms. The largest absolute Gasteiger partial charge is 0.484 e. The molecule has 0 bridgehead atoms. The molecule has 220 valence electrons. The average Bonchev–Trinajstić information content (AvgIpc) is 3.46. The summed E-state index contributed by atoms with van der Waals surface area (Å²) in [6.07, 6.45) is 0. The number of nitrogens with two attached hydrogens (primary N) is 1. The van der Waals surface area contributed by atoms with E-state index in [1.54, 1.807) is 48.5 Å². The van der Waals surface area contributed by atoms with E-state index in [2.05, 4.69) is 10.3 Å². The van der Waals surface area contributed by atoms with Crippen molar-refractivity contribution in [2.45, 2.75) is 21.1 Å². The minimum absolute atomic E-state index is 0.0786. The molecule has 3 atom stereocenters. The maximum Gasteiger partial charge on any atom is 0.305 e. The molecule has 2 aliphatic rings. The second kappa shape index (κ2) is 11.3. The lowest BCUT2D eigenvalue weighted by molar-refractivity contribution is -0.122. The fourth-order valence-corrected chi connectivity index (χ4v) is 8.22. The standard InChI is InChI=1S/C28H21ClN4O7S3/c29-15-3-7-17(8-4-15)33-26(35)22-21(23-25(32-28(37)42-23)41-24(22)27(33)36)14-1-9-18(10-2-14)40-13-20(34)31-16-5-11-19(12-6-16)43(30,38)39/h1-12,21-22,24H,13H2,(H,31,34)(H,32,37)(H2,30,38,39)/t21-,22?,24?/m1/s1. The number of anilines is 2. The molecule has 15 heteroatoms. The number of rotatable bonds is 7. The number of aromatic amines is 1. The number of nitrogens with zero attached hydrogens (tertiary/aromatic N) is 1. The predicted molar refractivity (Wildman–Crippen MR) is 162 cm³/mol. The fraction of sp³-hybridized carbons (Fsp3) is 0.143. The number of benzene rings is 3. The molecule has 0 aliphatic carbocycles. The first kappa shape index (κ1) is 29.1. The molecule has 1 fully saturated rings. The number of aromatic nitrogens is 1. The van der Waals surface area contributed by atoms with Crippen LogP contribution >= 0.6 is 34.7 Å². The molecule has 2 unspecified atom stereocenters. The highest BCUT2D eigenvalue weighted by molar-refractivity contribution is 8.00. The van der Waals surface area contributed by atoms with Crippen molar-refractivity contribution in [3.63, 3.8) is 0 Å². The molecule has 3 aromatic carbocycles. The Kier molecular flexibility index (Phi) is 7.64. The number of hydrogen-bond acceptors (Lipinski definition) is 9. The Morgan fingerprint density at radius 2 is 1.65 bits per heavy atom. The second-order valence-electron chi connectivity index (χ2n) is 9.71. The van der Waals surface area contributed by atoms with Gasteiger partial charge in [-0.05, 0) is 66.2 Å². The van der Waals surface area contributed by atoms with Gasteiger partial charge in [-0.3, -0.25) is 19.2 Å². The van der Waals surface area contributed by atoms with Gasteiger partial charge in [-0.15, -0.1) is 0 Å². The summed E-state index contributed by atoms with van der Waals surface area (Å²) in [5.41, 5.74) is 1.50. The van der Waals surface area contributed by atoms with Crippen LogP contribution in [0.5, 0.6) is 5.75 Å². The van der Waals surface area contributed by atoms with Crippen LogP contribution in [0.25, 0.3) is 0 Å². The number of primary sulfonamides is 1. The Bertz CT molecular complexity index is 1910. The van der Waals surface area contributed by atoms with Crippen molar-refractivity contribution in [2.24, 2.45) is 11.1 Å². The summed E-state index contributed by atoms with van der Waals surface area (Å²) in [7, 11) is -3.85. The van der Waals surface area contributed by atoms with Gasteiger partial charge in [0, 0.05) is 21.5 Å². The van der Waals surface area contributed by atoms with Crippen LogP contribution in [-0.4, -0.2) is 43.0 Å². The zero-order chi connectivity index (χ0) is 30.5. The van der Waals surface area contributed by atoms with E-state index in [9.17, 15) is 27.6 Å². The third-order valence-electron chi connectivity index (χ3n) is 6.98. The number of thioether (sulfide) groups is 1. The smallest absolute Gasteiger partial charge is 0.305 e. The Morgan fingerprint density at radius 1 is 0.977 bits per heavy atom. The van der Waals surface area contributed by atoms with Crippen LogP contribution in [0.1, 0.15) is 16.4 Å². The number of H-pyrrole nitrogens is 1. The third kappa shape index (κ3) is 5.71. The molecule has 1 aromatic heterocycles. The third-order valence-corrected chi connectivity index (χ3v) is 10.6. The highest BCUT2D eigenvalue weighted by atomic mass is 35.5. The minimum atomic E-state index is -3.85. The van der Waals surface area contributed by atoms with E-state index in [0.717, 1.165) is 11.3 Å². The first-order chi connectivity index (χ1) is 20.5. The number of fused-ring (bicyclic) bond motifs is 2. The SMILES string of the molecule is NS(=O)(=O)c1ccc(NC(=O)COc2ccc([C@H]3c4sc(=O)[nH]c4SC4C(=O)N(c5ccc(Cl)cc5)C(=O)C43)cc2)cc1. The van der Waals surface area contributed by atoms with Gasteiger partial charge in [0.1, 0.15) is 11.0 Å². The molecule has 3 heterocycles. The topological polar surface area (TPSA) is 169 Å². The van der Waals surface area contributed by atoms with Crippen molar-refractivity contribution < 1.29 is 27.5 Å². The summed E-state index contributed by atoms with van der Waals surface area (Å²) in [4.78, 5) is 56.2. The van der Waals surface area contributed by atoms with Crippen LogP contribution in [0.15, 0.2) is 87.5 Å². The van der Waals surface area contributed by atoms with Gasteiger partial charge in [-0.25, -0.2) is 18.5 Å². The number of hydrogen-bond donors (Lipinski definition) is 3. The molecule has 11 nitrogen and oxygen atoms in total. The van der Waals surface area contributed by atoms with Gasteiger partial charge in [-0.1, -0.05) is 46.8 Å². The Morgan fingerprint density at radius 3 is 2.30 bits per heavy atom. The average molecular weight is 657 g/mol. The Labute approximate surface area is 258 Å². The summed E-state index contributed by atoms with van der Waals surface area (Å²) in [5.74, 6) is -2.13. The van der Waals surface area contributed by atoms with E-state index >= 15 is 0 Å². The zero-order valence-corrected chi connectivity index (χ0v) is 25.1. The lowest BCUT2D eigenvalue weighted by atomic mass is 9.83. The lowest BCUT2D eigenvalue weighted by Gasteiger charge is -2.29. The van der Waals surface area contributed by atoms with Crippen LogP contribution in [0.4, 0.5) is 11.4 Å². The first-order valence-corrected chi connectivity index (χ1v) is 16.3. The highest BCUT2D eigenvalue weighted by Gasteiger charge is 2.56. The monoisotopic (exact) mass is 656 g/mol. The van der Waals surface area contributed by atoms with E-state index in [1.807, 2.05) is 0 Å². The summed E-state index contributed by atoms with van der Waals surface area (Å²) >= 11 is 8.20. The van der Waals surface area contributed by atoms with Crippen LogP contribution in [0.2, 0.25) is 5.02 Å². The number of carbonyl (C=O) groups excluding carboxylic acids is 3. The summed E-state index contributed by atoms with van der Waals surface area (Å²) < 4.78 is 28.4. The molecular formula is C28H21ClN4O7S3. The molecule has 2 aliphatic heterocycles. The summed E-state index contributed by atoms with van der Waals surface area (Å²) in [6.45, 7) is -0.326. The van der Waals surface area contributed by atoms with Gasteiger partial charge in [0.2, 0.25) is 21.8 Å². The number of sulfonamides is 1. The van der Waals surface area contributed by atoms with Crippen molar-refractivity contribution in [1.29, 1.82) is 0 Å². The fourth-order valence-electron chi connectivity index (χ4n) is 5.07. The Hall–Kier alpha value is -3.95. The van der Waals surface area contributed by atoms with Crippen molar-refractivity contribution in [3.8, 4) is 5.75 Å². The van der Waals surface area contributed by atoms with Crippen LogP contribution in [0, 0.1) is 5.92 Å². The van der Waals surface area contributed by atoms with Crippen LogP contribution < -0.4 is 25.0 Å². The van der Waals surface area contributed by atoms with E-state index in [1.165, 1.54) is 40.9 Å². The number of thiazole rings is 1. The number of ether oxygens (including phenoxy) is 1. The normalized spacial score (nSPS) is 19.6. The van der Waals surface area contributed by atoms with Gasteiger partial charge in [-0.2, -0.15) is 0 Å². The quantitative estimate of drug-likeness (QED) is 0.254. The van der Waals surface area contributed by atoms with Gasteiger partial charge >= 0.3 is 4.87 Å². The van der Waals surface area contributed by atoms with Crippen LogP contribution in [-0.2, 0) is 24.4 Å². The van der Waals surface area contributed by atoms with Crippen molar-refractivity contribution >= 4 is 73.8 Å². The Balaban J connectivity index is 1.20. The van der Waals surface area contributed by atoms with E-state index < -0.39 is 33.0 Å². The first-order valence-electron chi connectivity index (χ1n) is 12.7. The maximum absolute atomic E-state index is 13.8. The minimum Gasteiger partial charge on any atom is -0.484 e. The molecular weight excluding hydrogens is 636 g/mol. The van der Waals surface area contributed by atoms with Gasteiger partial charge in [0.25, 0.3) is 5.91 Å². The summed E-state index contributed by atoms with van der Waals surface area (Å²) in [6, 6.07) is 18.6. The number of halogens is 1. The predicted octanol–water partition coefficient (Wildman–Crippen LogP) is 3.55. The van der Waals surface area contributed by atoms with Gasteiger partial charge in [0.05, 0.1) is 21.5 Å². The van der Waals surface area contributed by atoms with E-state index in [0.29, 0.717) is 37.6 Å². The molecule has 0 saturated carbocycles. The molecule has 0 radical (unpaired) electrons. The summed E-state index contributed by atoms with van der Waals surface area (Å²) in [5, 5.41) is 8.00. The molecule has 1 saturated heterocycles. The lowest BCUT2D eigenvalue weighted by Crippen LogP contribution is -2.32. The molecule has 4 N–H and O–H groups in total. The van der Waals surface area contributed by atoms with E-state index in [4.69, 9.17) is 21.5 Å². The second-order valence-corrected chi connectivity index (χ2v) is 13.9. The number of nitrogens with one attached hydrogen (secondary N) is 2. The maximum atomic E-state index is 13.8. The number of carbonyl (C=O) groups is 3. The van der Waals surface area contributed by atoms with Crippen molar-refractivity contribution in [1.82, 2.24) is 4.98 Å². The van der Waals surface area contributed by atoms with Crippen molar-refractivity contribution in [2.75, 3.05) is 16.8 Å². The number of amides is 3. The van der Waals surface area contributed by atoms with Gasteiger partial charge < -0.3 is 15.0 Å². The number of imide groups is 1. The molecule has 3 amide bonds. The van der Waals surface area contributed by atoms with E-state index in [-0.39, 0.29) is 28.2 Å². The van der Waals surface area contributed by atoms with Crippen molar-refractivity contribution in [3.05, 3.63) is 97.9 Å². The highest BCUT2D eigenvalue weighted by Crippen LogP contribution is 2.53. The molecule has 43 heavy (non-hydrogen) atoms. The molecule has 4 aromatic rings.